The topological polar surface area (TPSA) is 90.0 Å². The summed E-state index contributed by atoms with van der Waals surface area (Å²) in [5.41, 5.74) is 1.28. The maximum Gasteiger partial charge on any atom is 0.274 e. The van der Waals surface area contributed by atoms with Crippen molar-refractivity contribution >= 4 is 17.4 Å². The smallest absolute Gasteiger partial charge is 0.274 e. The summed E-state index contributed by atoms with van der Waals surface area (Å²) in [6.45, 7) is 3.66. The van der Waals surface area contributed by atoms with E-state index in [0.717, 1.165) is 17.2 Å². The number of hydrogen-bond acceptors (Lipinski definition) is 6. The van der Waals surface area contributed by atoms with Gasteiger partial charge < -0.3 is 20.7 Å². The minimum absolute atomic E-state index is 0.0935. The molecule has 2 heterocycles. The first-order valence-electron chi connectivity index (χ1n) is 6.49. The van der Waals surface area contributed by atoms with Gasteiger partial charge in [-0.15, -0.1) is 0 Å². The van der Waals surface area contributed by atoms with Crippen LogP contribution in [-0.4, -0.2) is 52.3 Å². The van der Waals surface area contributed by atoms with Gasteiger partial charge in [0, 0.05) is 30.8 Å². The van der Waals surface area contributed by atoms with Crippen LogP contribution < -0.4 is 16.2 Å². The lowest BCUT2D eigenvalue weighted by atomic mass is 10.1. The van der Waals surface area contributed by atoms with Crippen LogP contribution in [0.2, 0.25) is 0 Å². The normalized spacial score (nSPS) is 18.9. The van der Waals surface area contributed by atoms with Crippen LogP contribution in [0, 0.1) is 0 Å². The molecule has 1 aliphatic rings. The quantitative estimate of drug-likeness (QED) is 0.563. The summed E-state index contributed by atoms with van der Waals surface area (Å²) in [7, 11) is 0. The van der Waals surface area contributed by atoms with E-state index in [2.05, 4.69) is 27.5 Å². The molecule has 0 bridgehead atoms. The summed E-state index contributed by atoms with van der Waals surface area (Å²) in [5, 5.41) is 15.7. The molecule has 2 unspecified atom stereocenters. The van der Waals surface area contributed by atoms with Gasteiger partial charge in [-0.05, 0) is 5.75 Å². The Balaban J connectivity index is 1.92. The molecule has 0 saturated carbocycles. The van der Waals surface area contributed by atoms with Gasteiger partial charge in [-0.3, -0.25) is 4.79 Å². The summed E-state index contributed by atoms with van der Waals surface area (Å²) in [6, 6.07) is 0.0935. The van der Waals surface area contributed by atoms with E-state index in [1.807, 2.05) is 0 Å². The zero-order chi connectivity index (χ0) is 13.7. The Morgan fingerprint density at radius 3 is 3.26 bits per heavy atom. The number of nitrogens with zero attached hydrogens (tertiary/aromatic N) is 1. The molecular formula is C12H20N4O2S. The predicted molar refractivity (Wildman–Crippen MR) is 78.0 cm³/mol. The fourth-order valence-corrected chi connectivity index (χ4v) is 2.87. The van der Waals surface area contributed by atoms with Crippen LogP contribution in [0.15, 0.2) is 11.1 Å². The van der Waals surface area contributed by atoms with Crippen LogP contribution in [0.25, 0.3) is 0 Å². The van der Waals surface area contributed by atoms with Gasteiger partial charge in [-0.1, -0.05) is 6.92 Å². The Bertz CT molecular complexity index is 465. The number of hydrogen-bond donors (Lipinski definition) is 4. The van der Waals surface area contributed by atoms with E-state index in [9.17, 15) is 9.90 Å². The summed E-state index contributed by atoms with van der Waals surface area (Å²) in [6.07, 6.45) is 1.44. The van der Waals surface area contributed by atoms with Crippen molar-refractivity contribution in [3.05, 3.63) is 22.4 Å². The third-order valence-electron chi connectivity index (χ3n) is 3.19. The molecule has 0 aliphatic carbocycles. The molecule has 0 amide bonds. The molecule has 7 heteroatoms. The molecule has 1 aromatic heterocycles. The van der Waals surface area contributed by atoms with Crippen molar-refractivity contribution in [3.63, 3.8) is 0 Å². The van der Waals surface area contributed by atoms with Crippen molar-refractivity contribution in [3.8, 4) is 0 Å². The molecule has 106 valence electrons. The number of nitrogens with one attached hydrogen (secondary N) is 3. The van der Waals surface area contributed by atoms with Crippen LogP contribution in [-0.2, 0) is 0 Å². The van der Waals surface area contributed by atoms with Crippen LogP contribution in [0.1, 0.15) is 18.5 Å². The SMILES string of the molecule is CCSCC(CO)NCC1CNc2c1nc[nH]c2=O. The monoisotopic (exact) mass is 284 g/mol. The number of aromatic amines is 1. The largest absolute Gasteiger partial charge is 0.395 e. The number of fused-ring (bicyclic) bond motifs is 1. The average molecular weight is 284 g/mol. The number of rotatable bonds is 7. The molecule has 1 aliphatic heterocycles. The molecule has 0 fully saturated rings. The van der Waals surface area contributed by atoms with E-state index >= 15 is 0 Å². The molecule has 0 spiro atoms. The van der Waals surface area contributed by atoms with Crippen molar-refractivity contribution in [1.82, 2.24) is 15.3 Å². The van der Waals surface area contributed by atoms with Gasteiger partial charge in [0.2, 0.25) is 0 Å². The second-order valence-corrected chi connectivity index (χ2v) is 5.84. The highest BCUT2D eigenvalue weighted by molar-refractivity contribution is 7.99. The molecule has 6 nitrogen and oxygen atoms in total. The number of anilines is 1. The van der Waals surface area contributed by atoms with Crippen molar-refractivity contribution in [2.45, 2.75) is 18.9 Å². The maximum absolute atomic E-state index is 11.6. The highest BCUT2D eigenvalue weighted by Gasteiger charge is 2.26. The standard InChI is InChI=1S/C12H20N4O2S/c1-2-19-6-9(5-17)13-3-8-4-14-11-10(8)15-7-16-12(11)18/h7-9,13-14,17H,2-6H2,1H3,(H,15,16,18). The van der Waals surface area contributed by atoms with Crippen LogP contribution in [0.5, 0.6) is 0 Å². The number of aliphatic hydroxyl groups excluding tert-OH is 1. The molecule has 19 heavy (non-hydrogen) atoms. The van der Waals surface area contributed by atoms with Gasteiger partial charge in [-0.25, -0.2) is 4.98 Å². The fraction of sp³-hybridized carbons (Fsp3) is 0.667. The molecule has 1 aromatic rings. The Labute approximate surface area is 116 Å². The zero-order valence-corrected chi connectivity index (χ0v) is 11.8. The Morgan fingerprint density at radius 1 is 1.68 bits per heavy atom. The summed E-state index contributed by atoms with van der Waals surface area (Å²) >= 11 is 1.80. The first kappa shape index (κ1) is 14.4. The summed E-state index contributed by atoms with van der Waals surface area (Å²) in [5.74, 6) is 2.11. The van der Waals surface area contributed by atoms with E-state index in [1.165, 1.54) is 6.33 Å². The van der Waals surface area contributed by atoms with Gasteiger partial charge in [0.05, 0.1) is 18.6 Å². The summed E-state index contributed by atoms with van der Waals surface area (Å²) in [4.78, 5) is 18.4. The highest BCUT2D eigenvalue weighted by Crippen LogP contribution is 2.25. The number of aromatic nitrogens is 2. The minimum atomic E-state index is -0.118. The van der Waals surface area contributed by atoms with Gasteiger partial charge in [0.15, 0.2) is 0 Å². The van der Waals surface area contributed by atoms with E-state index < -0.39 is 0 Å². The molecule has 2 rings (SSSR count). The third kappa shape index (κ3) is 3.49. The van der Waals surface area contributed by atoms with E-state index in [1.54, 1.807) is 11.8 Å². The summed E-state index contributed by atoms with van der Waals surface area (Å²) < 4.78 is 0. The lowest BCUT2D eigenvalue weighted by Crippen LogP contribution is -2.38. The first-order chi connectivity index (χ1) is 9.26. The first-order valence-corrected chi connectivity index (χ1v) is 7.65. The van der Waals surface area contributed by atoms with Gasteiger partial charge in [0.1, 0.15) is 5.69 Å². The van der Waals surface area contributed by atoms with Crippen molar-refractivity contribution in [2.24, 2.45) is 0 Å². The number of thioether (sulfide) groups is 1. The van der Waals surface area contributed by atoms with Gasteiger partial charge in [0.25, 0.3) is 5.56 Å². The maximum atomic E-state index is 11.6. The van der Waals surface area contributed by atoms with Crippen LogP contribution in [0.4, 0.5) is 5.69 Å². The molecule has 0 aromatic carbocycles. The van der Waals surface area contributed by atoms with Crippen LogP contribution in [0.3, 0.4) is 0 Å². The molecular weight excluding hydrogens is 264 g/mol. The van der Waals surface area contributed by atoms with Crippen molar-refractivity contribution in [2.75, 3.05) is 36.5 Å². The lowest BCUT2D eigenvalue weighted by molar-refractivity contribution is 0.252. The number of aliphatic hydroxyl groups is 1. The second-order valence-electron chi connectivity index (χ2n) is 4.52. The molecule has 2 atom stereocenters. The third-order valence-corrected chi connectivity index (χ3v) is 4.24. The Morgan fingerprint density at radius 2 is 2.53 bits per heavy atom. The number of H-pyrrole nitrogens is 1. The Hall–Kier alpha value is -1.05. The van der Waals surface area contributed by atoms with Crippen LogP contribution >= 0.6 is 11.8 Å². The average Bonchev–Trinajstić information content (AvgIpc) is 2.84. The van der Waals surface area contributed by atoms with E-state index in [-0.39, 0.29) is 24.1 Å². The molecule has 4 N–H and O–H groups in total. The van der Waals surface area contributed by atoms with Crippen molar-refractivity contribution < 1.29 is 5.11 Å². The zero-order valence-electron chi connectivity index (χ0n) is 11.0. The lowest BCUT2D eigenvalue weighted by Gasteiger charge is -2.18. The molecule has 0 radical (unpaired) electrons. The van der Waals surface area contributed by atoms with Crippen molar-refractivity contribution in [1.29, 1.82) is 0 Å². The highest BCUT2D eigenvalue weighted by atomic mass is 32.2. The second kappa shape index (κ2) is 6.93. The van der Waals surface area contributed by atoms with Gasteiger partial charge >= 0.3 is 0 Å². The Kier molecular flexibility index (Phi) is 5.24. The van der Waals surface area contributed by atoms with E-state index in [4.69, 9.17) is 0 Å². The molecule has 0 saturated heterocycles. The predicted octanol–water partition coefficient (Wildman–Crippen LogP) is -0.0174. The minimum Gasteiger partial charge on any atom is -0.395 e. The van der Waals surface area contributed by atoms with Gasteiger partial charge in [-0.2, -0.15) is 11.8 Å². The van der Waals surface area contributed by atoms with E-state index in [0.29, 0.717) is 18.8 Å². The fourth-order valence-electron chi connectivity index (χ4n) is 2.13.